The van der Waals surface area contributed by atoms with Crippen LogP contribution in [0.4, 0.5) is 0 Å². The van der Waals surface area contributed by atoms with Crippen LogP contribution in [0.3, 0.4) is 0 Å². The fraction of sp³-hybridized carbons (Fsp3) is 0.588. The number of likely N-dealkylation sites (tertiary alicyclic amines) is 1. The molecule has 2 aliphatic heterocycles. The molecule has 0 aromatic heterocycles. The number of guanidine groups is 1. The molecular weight excluding hydrogens is 483 g/mol. The molecule has 7 heteroatoms. The van der Waals surface area contributed by atoms with E-state index >= 15 is 0 Å². The molecule has 2 aliphatic rings. The highest BCUT2D eigenvalue weighted by Crippen LogP contribution is 2.17. The zero-order valence-electron chi connectivity index (χ0n) is 14.1. The van der Waals surface area contributed by atoms with Crippen LogP contribution in [0.2, 0.25) is 0 Å². The van der Waals surface area contributed by atoms with Gasteiger partial charge in [0, 0.05) is 50.3 Å². The second-order valence-electron chi connectivity index (χ2n) is 6.06. The minimum atomic E-state index is 0. The van der Waals surface area contributed by atoms with Crippen molar-refractivity contribution in [2.24, 2.45) is 4.99 Å². The van der Waals surface area contributed by atoms with Crippen LogP contribution < -0.4 is 5.32 Å². The average Bonchev–Trinajstić information content (AvgIpc) is 3.08. The molecule has 0 aliphatic carbocycles. The predicted octanol–water partition coefficient (Wildman–Crippen LogP) is 2.55. The van der Waals surface area contributed by atoms with Crippen molar-refractivity contribution in [2.75, 3.05) is 46.4 Å². The zero-order valence-corrected chi connectivity index (χ0v) is 18.0. The minimum absolute atomic E-state index is 0. The van der Waals surface area contributed by atoms with E-state index in [9.17, 15) is 0 Å². The van der Waals surface area contributed by atoms with E-state index in [1.54, 1.807) is 0 Å². The van der Waals surface area contributed by atoms with E-state index in [4.69, 9.17) is 4.74 Å². The summed E-state index contributed by atoms with van der Waals surface area (Å²) in [5.41, 5.74) is 1.26. The van der Waals surface area contributed by atoms with Gasteiger partial charge in [0.15, 0.2) is 5.96 Å². The first-order valence-electron chi connectivity index (χ1n) is 8.28. The first kappa shape index (κ1) is 19.9. The van der Waals surface area contributed by atoms with Crippen molar-refractivity contribution in [3.63, 3.8) is 0 Å². The number of aliphatic imine (C=N–C) groups is 1. The third-order valence-electron chi connectivity index (χ3n) is 4.60. The number of nitrogens with one attached hydrogen (secondary N) is 1. The molecule has 5 nitrogen and oxygen atoms in total. The van der Waals surface area contributed by atoms with Gasteiger partial charge in [0.25, 0.3) is 0 Å². The van der Waals surface area contributed by atoms with Crippen LogP contribution in [0.15, 0.2) is 33.7 Å². The largest absolute Gasteiger partial charge is 0.379 e. The normalized spacial score (nSPS) is 22.3. The molecule has 0 saturated carbocycles. The maximum Gasteiger partial charge on any atom is 0.193 e. The Hall–Kier alpha value is -0.380. The van der Waals surface area contributed by atoms with Crippen molar-refractivity contribution in [3.05, 3.63) is 34.3 Å². The van der Waals surface area contributed by atoms with Crippen LogP contribution in [0.1, 0.15) is 12.0 Å². The van der Waals surface area contributed by atoms with Crippen molar-refractivity contribution < 1.29 is 4.74 Å². The summed E-state index contributed by atoms with van der Waals surface area (Å²) in [7, 11) is 1.87. The summed E-state index contributed by atoms with van der Waals surface area (Å²) < 4.78 is 6.57. The summed E-state index contributed by atoms with van der Waals surface area (Å²) in [6.07, 6.45) is 1.21. The Morgan fingerprint density at radius 3 is 2.62 bits per heavy atom. The van der Waals surface area contributed by atoms with Gasteiger partial charge in [0.2, 0.25) is 0 Å². The number of ether oxygens (including phenoxy) is 1. The van der Waals surface area contributed by atoms with Crippen LogP contribution >= 0.6 is 39.9 Å². The van der Waals surface area contributed by atoms with Gasteiger partial charge < -0.3 is 15.0 Å². The van der Waals surface area contributed by atoms with E-state index in [-0.39, 0.29) is 24.0 Å². The summed E-state index contributed by atoms with van der Waals surface area (Å²) in [4.78, 5) is 9.40. The van der Waals surface area contributed by atoms with Gasteiger partial charge in [-0.1, -0.05) is 28.1 Å². The van der Waals surface area contributed by atoms with Crippen LogP contribution in [0, 0.1) is 0 Å². The van der Waals surface area contributed by atoms with Crippen molar-refractivity contribution in [1.82, 2.24) is 15.1 Å². The Balaban J connectivity index is 0.00000208. The van der Waals surface area contributed by atoms with E-state index in [2.05, 4.69) is 60.3 Å². The lowest BCUT2D eigenvalue weighted by molar-refractivity contribution is 0.0195. The molecule has 2 heterocycles. The Morgan fingerprint density at radius 1 is 1.25 bits per heavy atom. The summed E-state index contributed by atoms with van der Waals surface area (Å²) >= 11 is 3.47. The molecule has 2 fully saturated rings. The topological polar surface area (TPSA) is 40.1 Å². The predicted molar refractivity (Wildman–Crippen MR) is 112 cm³/mol. The van der Waals surface area contributed by atoms with Crippen molar-refractivity contribution in [2.45, 2.75) is 19.0 Å². The molecule has 0 radical (unpaired) electrons. The highest BCUT2D eigenvalue weighted by atomic mass is 127. The molecule has 3 rings (SSSR count). The van der Waals surface area contributed by atoms with Gasteiger partial charge in [-0.25, -0.2) is 0 Å². The van der Waals surface area contributed by atoms with Crippen LogP contribution in [-0.2, 0) is 11.3 Å². The molecule has 0 bridgehead atoms. The fourth-order valence-corrected chi connectivity index (χ4v) is 3.55. The third kappa shape index (κ3) is 5.31. The number of hydrogen-bond acceptors (Lipinski definition) is 3. The van der Waals surface area contributed by atoms with Crippen molar-refractivity contribution >= 4 is 45.9 Å². The molecule has 1 unspecified atom stereocenters. The first-order chi connectivity index (χ1) is 11.3. The molecular formula is C17H26BrIN4O. The molecule has 1 aromatic rings. The quantitative estimate of drug-likeness (QED) is 0.387. The Bertz CT molecular complexity index is 534. The third-order valence-corrected chi connectivity index (χ3v) is 5.13. The van der Waals surface area contributed by atoms with Gasteiger partial charge in [-0.15, -0.1) is 24.0 Å². The average molecular weight is 509 g/mol. The number of hydrogen-bond donors (Lipinski definition) is 1. The SMILES string of the molecule is CN=C(NCc1ccc(Br)cc1)N1CCC(N2CCOCC2)C1.I. The molecule has 1 atom stereocenters. The molecule has 134 valence electrons. The van der Waals surface area contributed by atoms with E-state index in [0.29, 0.717) is 6.04 Å². The van der Waals surface area contributed by atoms with E-state index < -0.39 is 0 Å². The highest BCUT2D eigenvalue weighted by Gasteiger charge is 2.30. The molecule has 0 spiro atoms. The summed E-state index contributed by atoms with van der Waals surface area (Å²) in [6, 6.07) is 9.04. The standard InChI is InChI=1S/C17H25BrN4O.HI/c1-19-17(20-12-14-2-4-15(18)5-3-14)22-7-6-16(13-22)21-8-10-23-11-9-21;/h2-5,16H,6-13H2,1H3,(H,19,20);1H. The van der Waals surface area contributed by atoms with Crippen LogP contribution in [0.25, 0.3) is 0 Å². The van der Waals surface area contributed by atoms with Crippen molar-refractivity contribution in [3.8, 4) is 0 Å². The van der Waals surface area contributed by atoms with E-state index in [1.165, 1.54) is 12.0 Å². The van der Waals surface area contributed by atoms with Gasteiger partial charge in [-0.3, -0.25) is 9.89 Å². The summed E-state index contributed by atoms with van der Waals surface area (Å²) in [6.45, 7) is 6.79. The van der Waals surface area contributed by atoms with Crippen LogP contribution in [0.5, 0.6) is 0 Å². The number of benzene rings is 1. The Labute approximate surface area is 170 Å². The minimum Gasteiger partial charge on any atom is -0.379 e. The summed E-state index contributed by atoms with van der Waals surface area (Å²) in [5.74, 6) is 1.00. The van der Waals surface area contributed by atoms with Gasteiger partial charge >= 0.3 is 0 Å². The molecule has 24 heavy (non-hydrogen) atoms. The van der Waals surface area contributed by atoms with Gasteiger partial charge in [-0.2, -0.15) is 0 Å². The Kier molecular flexibility index (Phi) is 8.25. The van der Waals surface area contributed by atoms with Crippen molar-refractivity contribution in [1.29, 1.82) is 0 Å². The Morgan fingerprint density at radius 2 is 1.96 bits per heavy atom. The molecule has 0 amide bonds. The number of nitrogens with zero attached hydrogens (tertiary/aromatic N) is 3. The van der Waals surface area contributed by atoms with Crippen LogP contribution in [-0.4, -0.2) is 68.2 Å². The van der Waals surface area contributed by atoms with Gasteiger partial charge in [0.1, 0.15) is 0 Å². The fourth-order valence-electron chi connectivity index (χ4n) is 3.29. The number of halogens is 2. The molecule has 2 saturated heterocycles. The monoisotopic (exact) mass is 508 g/mol. The second-order valence-corrected chi connectivity index (χ2v) is 6.98. The highest BCUT2D eigenvalue weighted by molar-refractivity contribution is 14.0. The molecule has 1 aromatic carbocycles. The molecule has 1 N–H and O–H groups in total. The smallest absolute Gasteiger partial charge is 0.193 e. The lowest BCUT2D eigenvalue weighted by atomic mass is 10.2. The second kappa shape index (κ2) is 9.94. The first-order valence-corrected chi connectivity index (χ1v) is 9.07. The lowest BCUT2D eigenvalue weighted by Gasteiger charge is -2.32. The lowest BCUT2D eigenvalue weighted by Crippen LogP contribution is -2.46. The maximum absolute atomic E-state index is 5.46. The number of rotatable bonds is 3. The number of morpholine rings is 1. The zero-order chi connectivity index (χ0) is 16.1. The van der Waals surface area contributed by atoms with E-state index in [1.807, 2.05) is 7.05 Å². The van der Waals surface area contributed by atoms with Gasteiger partial charge in [0.05, 0.1) is 13.2 Å². The van der Waals surface area contributed by atoms with Gasteiger partial charge in [-0.05, 0) is 24.1 Å². The van der Waals surface area contributed by atoms with E-state index in [0.717, 1.165) is 56.4 Å². The maximum atomic E-state index is 5.46. The summed E-state index contributed by atoms with van der Waals surface area (Å²) in [5, 5.41) is 3.49.